The van der Waals surface area contributed by atoms with Crippen LogP contribution in [0.1, 0.15) is 37.3 Å². The Kier molecular flexibility index (Phi) is 3.68. The minimum Gasteiger partial charge on any atom is -0.481 e. The number of hydrogen-bond acceptors (Lipinski definition) is 3. The van der Waals surface area contributed by atoms with E-state index in [-0.39, 0.29) is 11.3 Å². The minimum absolute atomic E-state index is 0.304. The van der Waals surface area contributed by atoms with Crippen LogP contribution in [0.15, 0.2) is 36.4 Å². The second-order valence-electron chi connectivity index (χ2n) is 8.79. The smallest absolute Gasteiger partial charge is 0.314 e. The van der Waals surface area contributed by atoms with Crippen molar-refractivity contribution in [2.75, 3.05) is 6.61 Å². The number of aryl methyl sites for hydroxylation is 1. The summed E-state index contributed by atoms with van der Waals surface area (Å²) >= 11 is 0. The third-order valence-electron chi connectivity index (χ3n) is 7.63. The van der Waals surface area contributed by atoms with Gasteiger partial charge < -0.3 is 20.3 Å². The quantitative estimate of drug-likeness (QED) is 0.549. The molecule has 1 aromatic heterocycles. The molecule has 3 aromatic rings. The fraction of sp³-hybridized carbons (Fsp3) is 0.435. The monoisotopic (exact) mass is 379 g/mol. The van der Waals surface area contributed by atoms with Crippen LogP contribution < -0.4 is 0 Å². The average molecular weight is 379 g/mol. The first-order valence-electron chi connectivity index (χ1n) is 9.98. The van der Waals surface area contributed by atoms with Crippen molar-refractivity contribution in [1.29, 1.82) is 0 Å². The first-order valence-corrected chi connectivity index (χ1v) is 9.98. The number of benzene rings is 2. The van der Waals surface area contributed by atoms with E-state index < -0.39 is 24.1 Å². The number of aromatic nitrogens is 1. The van der Waals surface area contributed by atoms with Crippen molar-refractivity contribution in [2.45, 2.75) is 44.1 Å². The normalized spacial score (nSPS) is 32.2. The van der Waals surface area contributed by atoms with E-state index in [9.17, 15) is 20.1 Å². The van der Waals surface area contributed by atoms with Gasteiger partial charge in [-0.3, -0.25) is 4.79 Å². The summed E-state index contributed by atoms with van der Waals surface area (Å²) in [5.74, 6) is -1.39. The highest BCUT2D eigenvalue weighted by Crippen LogP contribution is 2.57. The summed E-state index contributed by atoms with van der Waals surface area (Å²) in [4.78, 5) is 15.7. The maximum Gasteiger partial charge on any atom is 0.314 e. The number of carboxylic acids is 1. The molecule has 1 saturated carbocycles. The lowest BCUT2D eigenvalue weighted by atomic mass is 9.48. The summed E-state index contributed by atoms with van der Waals surface area (Å²) in [6, 6.07) is 12.6. The third kappa shape index (κ3) is 2.06. The topological polar surface area (TPSA) is 93.6 Å². The Bertz CT molecular complexity index is 1100. The van der Waals surface area contributed by atoms with E-state index in [1.165, 1.54) is 11.1 Å². The number of para-hydroxylation sites is 1. The zero-order valence-electron chi connectivity index (χ0n) is 15.9. The van der Waals surface area contributed by atoms with Gasteiger partial charge in [-0.15, -0.1) is 0 Å². The molecule has 0 spiro atoms. The fourth-order valence-electron chi connectivity index (χ4n) is 6.12. The first-order chi connectivity index (χ1) is 13.4. The second-order valence-corrected chi connectivity index (χ2v) is 8.79. The number of fused-ring (bicyclic) bond motifs is 6. The molecule has 1 unspecified atom stereocenters. The van der Waals surface area contributed by atoms with E-state index in [0.29, 0.717) is 19.3 Å². The highest BCUT2D eigenvalue weighted by atomic mass is 16.4. The van der Waals surface area contributed by atoms with E-state index >= 15 is 0 Å². The van der Waals surface area contributed by atoms with Crippen molar-refractivity contribution in [2.24, 2.45) is 11.3 Å². The summed E-state index contributed by atoms with van der Waals surface area (Å²) in [6.07, 6.45) is 1.48. The van der Waals surface area contributed by atoms with Gasteiger partial charge in [0, 0.05) is 21.8 Å². The van der Waals surface area contributed by atoms with E-state index in [4.69, 9.17) is 0 Å². The number of aliphatic hydroxyl groups excluding tert-OH is 2. The highest BCUT2D eigenvalue weighted by Gasteiger charge is 2.61. The number of rotatable bonds is 2. The molecule has 5 nitrogen and oxygen atoms in total. The van der Waals surface area contributed by atoms with Crippen LogP contribution in [0.25, 0.3) is 21.8 Å². The van der Waals surface area contributed by atoms with Crippen molar-refractivity contribution in [1.82, 2.24) is 4.98 Å². The molecule has 2 aliphatic carbocycles. The Balaban J connectivity index is 1.75. The number of H-pyrrole nitrogens is 1. The lowest BCUT2D eigenvalue weighted by Gasteiger charge is -2.55. The number of carboxylic acid groups (broad SMARTS) is 1. The van der Waals surface area contributed by atoms with E-state index in [2.05, 4.69) is 36.2 Å². The SMILES string of the molecule is CC12CC[C@H](O)[C@](CO)(C(=O)O)[C@@H]1CCc1cc3[nH]c4ccccc4c3cc12. The van der Waals surface area contributed by atoms with Crippen LogP contribution in [-0.4, -0.2) is 39.0 Å². The van der Waals surface area contributed by atoms with Gasteiger partial charge in [-0.2, -0.15) is 0 Å². The molecule has 0 bridgehead atoms. The van der Waals surface area contributed by atoms with Gasteiger partial charge in [0.2, 0.25) is 0 Å². The van der Waals surface area contributed by atoms with Crippen LogP contribution in [0.2, 0.25) is 0 Å². The highest BCUT2D eigenvalue weighted by molar-refractivity contribution is 6.07. The molecule has 1 heterocycles. The average Bonchev–Trinajstić information content (AvgIpc) is 3.05. The summed E-state index contributed by atoms with van der Waals surface area (Å²) in [5, 5.41) is 33.1. The fourth-order valence-corrected chi connectivity index (χ4v) is 6.12. The van der Waals surface area contributed by atoms with Crippen LogP contribution in [0.5, 0.6) is 0 Å². The molecule has 28 heavy (non-hydrogen) atoms. The molecule has 1 fully saturated rings. The van der Waals surface area contributed by atoms with Gasteiger partial charge in [0.25, 0.3) is 0 Å². The van der Waals surface area contributed by atoms with E-state index in [0.717, 1.165) is 28.2 Å². The summed E-state index contributed by atoms with van der Waals surface area (Å²) < 4.78 is 0. The summed E-state index contributed by atoms with van der Waals surface area (Å²) in [6.45, 7) is 1.59. The van der Waals surface area contributed by atoms with Crippen molar-refractivity contribution in [3.63, 3.8) is 0 Å². The minimum atomic E-state index is -1.50. The summed E-state index contributed by atoms with van der Waals surface area (Å²) in [5.41, 5.74) is 2.72. The molecule has 2 aromatic carbocycles. The molecule has 0 aliphatic heterocycles. The van der Waals surface area contributed by atoms with Gasteiger partial charge in [-0.1, -0.05) is 25.1 Å². The lowest BCUT2D eigenvalue weighted by molar-refractivity contribution is -0.182. The number of aromatic amines is 1. The Morgan fingerprint density at radius 2 is 1.96 bits per heavy atom. The Morgan fingerprint density at radius 3 is 2.71 bits per heavy atom. The van der Waals surface area contributed by atoms with Crippen LogP contribution in [0.3, 0.4) is 0 Å². The molecule has 5 heteroatoms. The second kappa shape index (κ2) is 5.82. The maximum atomic E-state index is 12.2. The van der Waals surface area contributed by atoms with E-state index in [1.807, 2.05) is 12.1 Å². The van der Waals surface area contributed by atoms with Gasteiger partial charge in [-0.25, -0.2) is 0 Å². The van der Waals surface area contributed by atoms with Crippen molar-refractivity contribution < 1.29 is 20.1 Å². The maximum absolute atomic E-state index is 12.2. The van der Waals surface area contributed by atoms with Crippen LogP contribution in [0, 0.1) is 11.3 Å². The molecular formula is C23H25NO4. The lowest BCUT2D eigenvalue weighted by Crippen LogP contribution is -2.61. The van der Waals surface area contributed by atoms with Crippen molar-refractivity contribution in [3.05, 3.63) is 47.5 Å². The Morgan fingerprint density at radius 1 is 1.18 bits per heavy atom. The number of nitrogens with one attached hydrogen (secondary N) is 1. The molecule has 146 valence electrons. The Hall–Kier alpha value is -2.37. The number of hydrogen-bond donors (Lipinski definition) is 4. The van der Waals surface area contributed by atoms with E-state index in [1.54, 1.807) is 0 Å². The first kappa shape index (κ1) is 17.7. The number of aliphatic carboxylic acids is 1. The standard InChI is InChI=1S/C23H25NO4/c1-22-9-8-20(26)23(12-25,21(27)28)19(22)7-6-13-10-18-15(11-16(13)22)14-4-2-3-5-17(14)24-18/h2-5,10-11,19-20,24-26H,6-9,12H2,1H3,(H,27,28)/t19-,20+,22?,23-/m1/s1. The number of carbonyl (C=O) groups is 1. The zero-order valence-corrected chi connectivity index (χ0v) is 15.9. The molecule has 4 N–H and O–H groups in total. The van der Waals surface area contributed by atoms with Crippen molar-refractivity contribution in [3.8, 4) is 0 Å². The molecular weight excluding hydrogens is 354 g/mol. The van der Waals surface area contributed by atoms with Gasteiger partial charge >= 0.3 is 5.97 Å². The molecule has 0 radical (unpaired) electrons. The van der Waals surface area contributed by atoms with Gasteiger partial charge in [0.15, 0.2) is 0 Å². The predicted octanol–water partition coefficient (Wildman–Crippen LogP) is 3.36. The number of aliphatic hydroxyl groups is 2. The summed E-state index contributed by atoms with van der Waals surface area (Å²) in [7, 11) is 0. The molecule has 2 aliphatic rings. The molecule has 0 saturated heterocycles. The van der Waals surface area contributed by atoms with Crippen LogP contribution in [0.4, 0.5) is 0 Å². The van der Waals surface area contributed by atoms with Gasteiger partial charge in [0.1, 0.15) is 5.41 Å². The van der Waals surface area contributed by atoms with Crippen LogP contribution >= 0.6 is 0 Å². The van der Waals surface area contributed by atoms with Gasteiger partial charge in [0.05, 0.1) is 12.7 Å². The predicted molar refractivity (Wildman–Crippen MR) is 107 cm³/mol. The largest absolute Gasteiger partial charge is 0.481 e. The Labute approximate surface area is 163 Å². The molecule has 5 rings (SSSR count). The molecule has 4 atom stereocenters. The molecule has 0 amide bonds. The van der Waals surface area contributed by atoms with Crippen LogP contribution in [-0.2, 0) is 16.6 Å². The third-order valence-corrected chi connectivity index (χ3v) is 7.63. The zero-order chi connectivity index (χ0) is 19.7. The van der Waals surface area contributed by atoms with Gasteiger partial charge in [-0.05, 0) is 66.3 Å². The van der Waals surface area contributed by atoms with Crippen molar-refractivity contribution >= 4 is 27.8 Å².